The third-order valence-corrected chi connectivity index (χ3v) is 13.4. The van der Waals surface area contributed by atoms with Crippen LogP contribution in [0.2, 0.25) is 0 Å². The van der Waals surface area contributed by atoms with Crippen LogP contribution in [-0.4, -0.2) is 19.1 Å². The van der Waals surface area contributed by atoms with Gasteiger partial charge in [0.05, 0.1) is 45.0 Å². The maximum atomic E-state index is 5.47. The molecule has 4 aromatic heterocycles. The number of para-hydroxylation sites is 5. The molecule has 7 aromatic carbocycles. The highest BCUT2D eigenvalue weighted by Crippen LogP contribution is 2.54. The molecule has 62 heavy (non-hydrogen) atoms. The fraction of sp³-hybridized carbons (Fsp3) is 0. The van der Waals surface area contributed by atoms with Gasteiger partial charge in [-0.25, -0.2) is 9.97 Å². The maximum Gasteiger partial charge on any atom is 0.138 e. The molecule has 0 spiro atoms. The van der Waals surface area contributed by atoms with Gasteiger partial charge in [0.25, 0.3) is 0 Å². The van der Waals surface area contributed by atoms with Crippen LogP contribution in [0.1, 0.15) is 11.1 Å². The van der Waals surface area contributed by atoms with Crippen LogP contribution in [0.4, 0.5) is 17.2 Å². The minimum Gasteiger partial charge on any atom is -0.309 e. The van der Waals surface area contributed by atoms with Crippen molar-refractivity contribution in [3.05, 3.63) is 211 Å². The van der Waals surface area contributed by atoms with Crippen molar-refractivity contribution in [1.29, 1.82) is 0 Å². The van der Waals surface area contributed by atoms with E-state index in [-0.39, 0.29) is 0 Å². The van der Waals surface area contributed by atoms with Gasteiger partial charge < -0.3 is 4.57 Å². The van der Waals surface area contributed by atoms with E-state index in [1.807, 2.05) is 11.8 Å². The van der Waals surface area contributed by atoms with E-state index in [4.69, 9.17) is 9.97 Å². The highest BCUT2D eigenvalue weighted by atomic mass is 32.2. The molecule has 11 aromatic rings. The van der Waals surface area contributed by atoms with Gasteiger partial charge in [0.15, 0.2) is 0 Å². The van der Waals surface area contributed by atoms with Crippen LogP contribution in [0.15, 0.2) is 210 Å². The first-order chi connectivity index (χ1) is 30.8. The number of aromatic nitrogens is 4. The number of benzene rings is 7. The highest BCUT2D eigenvalue weighted by Gasteiger charge is 2.32. The van der Waals surface area contributed by atoms with E-state index in [0.29, 0.717) is 0 Å². The number of rotatable bonds is 4. The number of hydrogen-bond donors (Lipinski definition) is 0. The molecule has 0 radical (unpaired) electrons. The third-order valence-electron chi connectivity index (χ3n) is 12.3. The second-order valence-electron chi connectivity index (χ2n) is 15.8. The number of fused-ring (bicyclic) bond motifs is 12. The molecule has 0 fully saturated rings. The molecule has 0 saturated heterocycles. The Morgan fingerprint density at radius 2 is 1.00 bits per heavy atom. The van der Waals surface area contributed by atoms with Gasteiger partial charge in [-0.15, -0.1) is 0 Å². The average molecular weight is 810 g/mol. The first-order valence-electron chi connectivity index (χ1n) is 20.9. The Kier molecular flexibility index (Phi) is 7.77. The summed E-state index contributed by atoms with van der Waals surface area (Å²) in [5, 5.41) is 3.61. The minimum atomic E-state index is 0.798. The zero-order valence-corrected chi connectivity index (χ0v) is 34.2. The lowest BCUT2D eigenvalue weighted by atomic mass is 9.98. The van der Waals surface area contributed by atoms with Crippen molar-refractivity contribution >= 4 is 73.8 Å². The van der Waals surface area contributed by atoms with Crippen LogP contribution in [0, 0.1) is 0 Å². The summed E-state index contributed by atoms with van der Waals surface area (Å²) in [5.74, 6) is 1.67. The average Bonchev–Trinajstić information content (AvgIpc) is 3.72. The van der Waals surface area contributed by atoms with Gasteiger partial charge >= 0.3 is 0 Å². The van der Waals surface area contributed by atoms with Crippen molar-refractivity contribution in [2.75, 3.05) is 4.90 Å². The van der Waals surface area contributed by atoms with Gasteiger partial charge in [0.1, 0.15) is 11.6 Å². The molecular weight excluding hydrogens is 775 g/mol. The maximum absolute atomic E-state index is 5.47. The molecule has 290 valence electrons. The Bertz CT molecular complexity index is 3630. The van der Waals surface area contributed by atoms with Crippen molar-refractivity contribution in [2.24, 2.45) is 0 Å². The molecule has 2 aliphatic rings. The Hall–Kier alpha value is -7.93. The quantitative estimate of drug-likeness (QED) is 0.177. The van der Waals surface area contributed by atoms with Gasteiger partial charge in [-0.3, -0.25) is 9.47 Å². The largest absolute Gasteiger partial charge is 0.309 e. The van der Waals surface area contributed by atoms with Gasteiger partial charge in [-0.2, -0.15) is 0 Å². The number of anilines is 3. The summed E-state index contributed by atoms with van der Waals surface area (Å²) in [4.78, 5) is 15.7. The molecule has 2 aliphatic heterocycles. The lowest BCUT2D eigenvalue weighted by molar-refractivity contribution is 1.07. The van der Waals surface area contributed by atoms with Gasteiger partial charge in [0, 0.05) is 48.3 Å². The highest BCUT2D eigenvalue weighted by molar-refractivity contribution is 7.99. The van der Waals surface area contributed by atoms with Crippen molar-refractivity contribution in [2.45, 2.75) is 9.79 Å². The summed E-state index contributed by atoms with van der Waals surface area (Å²) in [6, 6.07) is 71.5. The van der Waals surface area contributed by atoms with E-state index in [1.54, 1.807) is 0 Å². The van der Waals surface area contributed by atoms with Crippen molar-refractivity contribution in [3.63, 3.8) is 0 Å². The lowest BCUT2D eigenvalue weighted by Crippen LogP contribution is -2.13. The zero-order chi connectivity index (χ0) is 40.7. The summed E-state index contributed by atoms with van der Waals surface area (Å²) >= 11 is 1.82. The molecule has 6 heterocycles. The number of pyridine rings is 2. The minimum absolute atomic E-state index is 0.798. The van der Waals surface area contributed by atoms with Crippen molar-refractivity contribution in [3.8, 4) is 45.3 Å². The first-order valence-corrected chi connectivity index (χ1v) is 21.7. The van der Waals surface area contributed by atoms with Crippen molar-refractivity contribution < 1.29 is 0 Å². The Morgan fingerprint density at radius 1 is 0.387 bits per heavy atom. The molecule has 0 atom stereocenters. The topological polar surface area (TPSA) is 38.9 Å². The predicted octanol–water partition coefficient (Wildman–Crippen LogP) is 14.9. The Balaban J connectivity index is 0.975. The molecule has 13 rings (SSSR count). The molecule has 0 bridgehead atoms. The molecule has 5 nitrogen and oxygen atoms in total. The molecule has 0 amide bonds. The first kappa shape index (κ1) is 34.9. The van der Waals surface area contributed by atoms with Gasteiger partial charge in [-0.05, 0) is 90.0 Å². The molecule has 0 unspecified atom stereocenters. The summed E-state index contributed by atoms with van der Waals surface area (Å²) in [6.45, 7) is 0. The van der Waals surface area contributed by atoms with Crippen LogP contribution in [0.3, 0.4) is 0 Å². The van der Waals surface area contributed by atoms with Gasteiger partial charge in [0.2, 0.25) is 0 Å². The third kappa shape index (κ3) is 5.30. The summed E-state index contributed by atoms with van der Waals surface area (Å²) in [6.07, 6.45) is 4.48. The molecule has 0 N–H and O–H groups in total. The van der Waals surface area contributed by atoms with E-state index in [2.05, 4.69) is 226 Å². The monoisotopic (exact) mass is 809 g/mol. The van der Waals surface area contributed by atoms with E-state index in [1.165, 1.54) is 48.2 Å². The SMILES string of the molecule is C1=Cc2cc3c4ccccc4n(-c4cccc(-c5cccc(N6c7ccccc7-c7c(n(-c8ccccc8)c8ccccc78)-c7ccccc76)n5)n4)c3cc2Sc2ccccc21. The predicted molar refractivity (Wildman–Crippen MR) is 257 cm³/mol. The normalized spacial score (nSPS) is 12.7. The molecule has 6 heteroatoms. The fourth-order valence-electron chi connectivity index (χ4n) is 9.61. The summed E-state index contributed by atoms with van der Waals surface area (Å²) < 4.78 is 4.73. The van der Waals surface area contributed by atoms with E-state index < -0.39 is 0 Å². The summed E-state index contributed by atoms with van der Waals surface area (Å²) in [7, 11) is 0. The van der Waals surface area contributed by atoms with Crippen LogP contribution < -0.4 is 4.90 Å². The van der Waals surface area contributed by atoms with Crippen LogP contribution in [0.25, 0.3) is 90.1 Å². The smallest absolute Gasteiger partial charge is 0.138 e. The zero-order valence-electron chi connectivity index (χ0n) is 33.4. The molecule has 0 saturated carbocycles. The fourth-order valence-corrected chi connectivity index (χ4v) is 10.7. The van der Waals surface area contributed by atoms with Crippen molar-refractivity contribution in [1.82, 2.24) is 19.1 Å². The van der Waals surface area contributed by atoms with Crippen LogP contribution in [-0.2, 0) is 0 Å². The molecular formula is C56H35N5S. The van der Waals surface area contributed by atoms with E-state index in [0.717, 1.165) is 67.9 Å². The number of hydrogen-bond acceptors (Lipinski definition) is 4. The Labute approximate surface area is 362 Å². The second kappa shape index (κ2) is 13.8. The molecule has 0 aliphatic carbocycles. The lowest BCUT2D eigenvalue weighted by Gasteiger charge is -2.26. The van der Waals surface area contributed by atoms with Crippen LogP contribution in [0.5, 0.6) is 0 Å². The second-order valence-corrected chi connectivity index (χ2v) is 16.9. The standard InChI is InChI=1S/C56H35N5S/c1-2-17-38(18-3-1)59-47-26-10-6-20-40(47)55-41-21-7-11-27-48(41)60(49-28-12-8-22-42(49)56(55)59)53-30-14-23-44(57-53)45-24-15-31-54(58-45)61-46-25-9-5-19-39(46)43-34-37-33-32-36-16-4-13-29-51(36)62-52(37)35-50(43)61/h1-35H. The van der Waals surface area contributed by atoms with E-state index in [9.17, 15) is 0 Å². The Morgan fingerprint density at radius 3 is 1.82 bits per heavy atom. The van der Waals surface area contributed by atoms with Gasteiger partial charge in [-0.1, -0.05) is 145 Å². The van der Waals surface area contributed by atoms with Crippen LogP contribution >= 0.6 is 11.8 Å². The van der Waals surface area contributed by atoms with E-state index >= 15 is 0 Å². The summed E-state index contributed by atoms with van der Waals surface area (Å²) in [5.41, 5.74) is 15.4. The number of nitrogens with zero attached hydrogens (tertiary/aromatic N) is 5.